The van der Waals surface area contributed by atoms with Crippen molar-refractivity contribution in [1.29, 1.82) is 0 Å². The predicted molar refractivity (Wildman–Crippen MR) is 73.0 cm³/mol. The zero-order valence-electron chi connectivity index (χ0n) is 11.4. The minimum Gasteiger partial charge on any atom is -0.481 e. The fourth-order valence-electron chi connectivity index (χ4n) is 1.17. The fraction of sp³-hybridized carbons (Fsp3) is 0.846. The number of alkyl halides is 1. The number of halogens is 1. The van der Waals surface area contributed by atoms with Crippen LogP contribution in [0.15, 0.2) is 0 Å². The molecule has 0 aromatic heterocycles. The Morgan fingerprint density at radius 2 is 1.67 bits per heavy atom. The second-order valence-electron chi connectivity index (χ2n) is 3.93. The molecule has 0 rings (SSSR count). The number of methoxy groups -OCH3 is 1. The first kappa shape index (κ1) is 19.6. The van der Waals surface area contributed by atoms with Crippen LogP contribution >= 0.6 is 11.6 Å². The molecule has 0 aliphatic rings. The summed E-state index contributed by atoms with van der Waals surface area (Å²) >= 11 is 5.38. The normalized spacial score (nSPS) is 9.28. The maximum Gasteiger partial charge on any atom is 0.305 e. The Balaban J connectivity index is 0. The summed E-state index contributed by atoms with van der Waals surface area (Å²) in [7, 11) is 1.35. The Morgan fingerprint density at radius 1 is 1.06 bits per heavy atom. The SMILES string of the molecule is CCCCCCl.COC(=O)CCCCCC(=O)O. The van der Waals surface area contributed by atoms with Gasteiger partial charge in [0.15, 0.2) is 0 Å². The van der Waals surface area contributed by atoms with Gasteiger partial charge in [-0.15, -0.1) is 11.6 Å². The molecule has 4 nitrogen and oxygen atoms in total. The van der Waals surface area contributed by atoms with Crippen molar-refractivity contribution in [3.05, 3.63) is 0 Å². The molecule has 0 saturated heterocycles. The number of hydrogen-bond acceptors (Lipinski definition) is 3. The van der Waals surface area contributed by atoms with Crippen LogP contribution in [0.1, 0.15) is 58.3 Å². The van der Waals surface area contributed by atoms with E-state index in [9.17, 15) is 9.59 Å². The van der Waals surface area contributed by atoms with Gasteiger partial charge in [0.05, 0.1) is 7.11 Å². The number of carboxylic acids is 1. The molecule has 0 saturated carbocycles. The standard InChI is InChI=1S/C8H14O4.C5H11Cl/c1-12-8(11)6-4-2-3-5-7(9)10;1-2-3-4-5-6/h2-6H2,1H3,(H,9,10);2-5H2,1H3. The fourth-order valence-corrected chi connectivity index (χ4v) is 1.36. The number of unbranched alkanes of at least 4 members (excludes halogenated alkanes) is 4. The lowest BCUT2D eigenvalue weighted by Crippen LogP contribution is -2.00. The first-order valence-corrected chi connectivity index (χ1v) is 6.96. The van der Waals surface area contributed by atoms with Gasteiger partial charge in [0.1, 0.15) is 0 Å². The van der Waals surface area contributed by atoms with E-state index in [1.807, 2.05) is 0 Å². The minimum atomic E-state index is -0.784. The van der Waals surface area contributed by atoms with Crippen LogP contribution in [0.5, 0.6) is 0 Å². The number of carbonyl (C=O) groups excluding carboxylic acids is 1. The van der Waals surface area contributed by atoms with Gasteiger partial charge in [-0.1, -0.05) is 26.2 Å². The largest absolute Gasteiger partial charge is 0.481 e. The van der Waals surface area contributed by atoms with Crippen LogP contribution in [0.4, 0.5) is 0 Å². The summed E-state index contributed by atoms with van der Waals surface area (Å²) in [6.07, 6.45) is 6.40. The van der Waals surface area contributed by atoms with Gasteiger partial charge in [-0.3, -0.25) is 9.59 Å². The van der Waals surface area contributed by atoms with E-state index < -0.39 is 5.97 Å². The monoisotopic (exact) mass is 280 g/mol. The van der Waals surface area contributed by atoms with Crippen molar-refractivity contribution in [1.82, 2.24) is 0 Å². The summed E-state index contributed by atoms with van der Waals surface area (Å²) in [6, 6.07) is 0. The number of hydrogen-bond donors (Lipinski definition) is 1. The zero-order chi connectivity index (χ0) is 14.2. The molecular weight excluding hydrogens is 256 g/mol. The van der Waals surface area contributed by atoms with Crippen LogP contribution in [0.2, 0.25) is 0 Å². The van der Waals surface area contributed by atoms with Gasteiger partial charge in [-0.2, -0.15) is 0 Å². The van der Waals surface area contributed by atoms with E-state index >= 15 is 0 Å². The molecule has 0 aliphatic carbocycles. The van der Waals surface area contributed by atoms with E-state index in [1.54, 1.807) is 0 Å². The van der Waals surface area contributed by atoms with Crippen molar-refractivity contribution in [3.63, 3.8) is 0 Å². The Hall–Kier alpha value is -0.770. The molecular formula is C13H25ClO4. The third-order valence-corrected chi connectivity index (χ3v) is 2.50. The van der Waals surface area contributed by atoms with Gasteiger partial charge in [-0.25, -0.2) is 0 Å². The van der Waals surface area contributed by atoms with Crippen LogP contribution in [0.25, 0.3) is 0 Å². The van der Waals surface area contributed by atoms with Crippen molar-refractivity contribution in [2.24, 2.45) is 0 Å². The van der Waals surface area contributed by atoms with Crippen molar-refractivity contribution in [2.45, 2.75) is 58.3 Å². The van der Waals surface area contributed by atoms with Crippen molar-refractivity contribution >= 4 is 23.5 Å². The lowest BCUT2D eigenvalue weighted by Gasteiger charge is -1.97. The molecule has 0 heterocycles. The maximum atomic E-state index is 10.6. The van der Waals surface area contributed by atoms with Gasteiger partial charge in [-0.05, 0) is 19.3 Å². The van der Waals surface area contributed by atoms with Crippen molar-refractivity contribution < 1.29 is 19.4 Å². The highest BCUT2D eigenvalue weighted by Gasteiger charge is 2.00. The van der Waals surface area contributed by atoms with Gasteiger partial charge in [0.2, 0.25) is 0 Å². The number of rotatable bonds is 9. The van der Waals surface area contributed by atoms with Gasteiger partial charge >= 0.3 is 11.9 Å². The highest BCUT2D eigenvalue weighted by molar-refractivity contribution is 6.17. The summed E-state index contributed by atoms with van der Waals surface area (Å²) in [5.74, 6) is -0.188. The minimum absolute atomic E-state index is 0.182. The zero-order valence-corrected chi connectivity index (χ0v) is 12.2. The van der Waals surface area contributed by atoms with E-state index in [0.29, 0.717) is 19.3 Å². The van der Waals surface area contributed by atoms with E-state index in [-0.39, 0.29) is 12.4 Å². The lowest BCUT2D eigenvalue weighted by molar-refractivity contribution is -0.140. The van der Waals surface area contributed by atoms with E-state index in [1.165, 1.54) is 26.4 Å². The molecule has 0 aliphatic heterocycles. The Kier molecular flexibility index (Phi) is 17.6. The first-order chi connectivity index (χ1) is 8.58. The van der Waals surface area contributed by atoms with Gasteiger partial charge in [0, 0.05) is 18.7 Å². The molecule has 5 heteroatoms. The Bertz CT molecular complexity index is 203. The van der Waals surface area contributed by atoms with Crippen LogP contribution in [-0.4, -0.2) is 30.0 Å². The van der Waals surface area contributed by atoms with Gasteiger partial charge in [0.25, 0.3) is 0 Å². The Morgan fingerprint density at radius 3 is 2.06 bits per heavy atom. The number of aliphatic carboxylic acids is 1. The molecule has 18 heavy (non-hydrogen) atoms. The third kappa shape index (κ3) is 20.6. The van der Waals surface area contributed by atoms with Crippen LogP contribution in [-0.2, 0) is 14.3 Å². The molecule has 0 radical (unpaired) electrons. The highest BCUT2D eigenvalue weighted by Crippen LogP contribution is 2.03. The average molecular weight is 281 g/mol. The predicted octanol–water partition coefficient (Wildman–Crippen LogP) is 3.61. The summed E-state index contributed by atoms with van der Waals surface area (Å²) in [4.78, 5) is 20.6. The molecule has 0 aromatic carbocycles. The van der Waals surface area contributed by atoms with Crippen molar-refractivity contribution in [2.75, 3.05) is 13.0 Å². The maximum absolute atomic E-state index is 10.6. The number of ether oxygens (including phenoxy) is 1. The van der Waals surface area contributed by atoms with E-state index in [0.717, 1.165) is 12.3 Å². The molecule has 1 N–H and O–H groups in total. The second-order valence-corrected chi connectivity index (χ2v) is 4.30. The second kappa shape index (κ2) is 16.2. The molecule has 0 unspecified atom stereocenters. The molecule has 0 atom stereocenters. The smallest absolute Gasteiger partial charge is 0.305 e. The number of esters is 1. The molecule has 0 fully saturated rings. The van der Waals surface area contributed by atoms with Crippen LogP contribution in [0, 0.1) is 0 Å². The average Bonchev–Trinajstić information content (AvgIpc) is 2.36. The number of carboxylic acid groups (broad SMARTS) is 1. The summed E-state index contributed by atoms with van der Waals surface area (Å²) in [5, 5.41) is 8.28. The topological polar surface area (TPSA) is 63.6 Å². The summed E-state index contributed by atoms with van der Waals surface area (Å²) in [5.41, 5.74) is 0. The Labute approximate surface area is 115 Å². The lowest BCUT2D eigenvalue weighted by atomic mass is 10.1. The molecule has 0 bridgehead atoms. The van der Waals surface area contributed by atoms with E-state index in [2.05, 4.69) is 11.7 Å². The van der Waals surface area contributed by atoms with Crippen molar-refractivity contribution in [3.8, 4) is 0 Å². The highest BCUT2D eigenvalue weighted by atomic mass is 35.5. The summed E-state index contributed by atoms with van der Waals surface area (Å²) in [6.45, 7) is 2.17. The molecule has 0 amide bonds. The van der Waals surface area contributed by atoms with Gasteiger partial charge < -0.3 is 9.84 Å². The molecule has 0 aromatic rings. The quantitative estimate of drug-likeness (QED) is 0.398. The van der Waals surface area contributed by atoms with E-state index in [4.69, 9.17) is 16.7 Å². The third-order valence-electron chi connectivity index (χ3n) is 2.24. The summed E-state index contributed by atoms with van der Waals surface area (Å²) < 4.78 is 4.42. The van der Waals surface area contributed by atoms with Crippen LogP contribution in [0.3, 0.4) is 0 Å². The van der Waals surface area contributed by atoms with Crippen LogP contribution < -0.4 is 0 Å². The number of carbonyl (C=O) groups is 2. The first-order valence-electron chi connectivity index (χ1n) is 6.43. The molecule has 108 valence electrons. The molecule has 0 spiro atoms.